The zero-order chi connectivity index (χ0) is 8.27. The van der Waals surface area contributed by atoms with Crippen LogP contribution in [0.25, 0.3) is 0 Å². The number of cyclic esters (lactones) is 1. The fourth-order valence-electron chi connectivity index (χ4n) is 0.927. The topological polar surface area (TPSA) is 26.3 Å². The Hall–Kier alpha value is -1.27. The largest absolute Gasteiger partial charge is 0.454 e. The summed E-state index contributed by atoms with van der Waals surface area (Å²) < 4.78 is 4.95. The van der Waals surface area contributed by atoms with Crippen LogP contribution in [0.1, 0.15) is 13.3 Å². The molecule has 58 valence electrons. The van der Waals surface area contributed by atoms with E-state index >= 15 is 0 Å². The second-order valence-corrected chi connectivity index (χ2v) is 2.44. The van der Waals surface area contributed by atoms with Crippen LogP contribution in [0.5, 0.6) is 0 Å². The molecule has 0 saturated heterocycles. The molecule has 0 spiro atoms. The summed E-state index contributed by atoms with van der Waals surface area (Å²) in [5, 5.41) is 0. The summed E-state index contributed by atoms with van der Waals surface area (Å²) >= 11 is 0. The van der Waals surface area contributed by atoms with Crippen molar-refractivity contribution >= 4 is 5.97 Å². The molecule has 0 aromatic heterocycles. The molecule has 0 bridgehead atoms. The normalized spacial score (nSPS) is 22.1. The molecule has 0 aromatic carbocycles. The third-order valence-electron chi connectivity index (χ3n) is 1.51. The standard InChI is InChI=1S/C9H10O2/c1-3-4-5-8-6-7(2)9(10)11-8/h4,6,8H,1,5H2,2H3. The monoisotopic (exact) mass is 150 g/mol. The Balaban J connectivity index is 2.53. The highest BCUT2D eigenvalue weighted by molar-refractivity contribution is 5.90. The van der Waals surface area contributed by atoms with E-state index in [9.17, 15) is 4.79 Å². The number of carbonyl (C=O) groups is 1. The molecule has 0 amide bonds. The Bertz CT molecular complexity index is 244. The second-order valence-electron chi connectivity index (χ2n) is 2.44. The molecule has 1 atom stereocenters. The highest BCUT2D eigenvalue weighted by Gasteiger charge is 2.20. The number of esters is 1. The molecule has 0 fully saturated rings. The molecule has 1 aliphatic heterocycles. The quantitative estimate of drug-likeness (QED) is 0.441. The van der Waals surface area contributed by atoms with Crippen molar-refractivity contribution in [3.05, 3.63) is 30.0 Å². The fraction of sp³-hybridized carbons (Fsp3) is 0.333. The summed E-state index contributed by atoms with van der Waals surface area (Å²) in [6.07, 6.45) is 4.15. The van der Waals surface area contributed by atoms with Gasteiger partial charge in [-0.25, -0.2) is 4.79 Å². The lowest BCUT2D eigenvalue weighted by Gasteiger charge is -2.02. The Labute approximate surface area is 65.9 Å². The van der Waals surface area contributed by atoms with E-state index in [-0.39, 0.29) is 12.1 Å². The van der Waals surface area contributed by atoms with E-state index in [4.69, 9.17) is 4.74 Å². The van der Waals surface area contributed by atoms with Crippen molar-refractivity contribution in [1.29, 1.82) is 0 Å². The van der Waals surface area contributed by atoms with Gasteiger partial charge in [0.05, 0.1) is 0 Å². The predicted octanol–water partition coefficient (Wildman–Crippen LogP) is 1.59. The number of hydrogen-bond donors (Lipinski definition) is 0. The van der Waals surface area contributed by atoms with Gasteiger partial charge in [-0.05, 0) is 19.1 Å². The van der Waals surface area contributed by atoms with E-state index in [2.05, 4.69) is 12.3 Å². The maximum atomic E-state index is 10.8. The molecule has 2 nitrogen and oxygen atoms in total. The van der Waals surface area contributed by atoms with E-state index in [1.165, 1.54) is 0 Å². The van der Waals surface area contributed by atoms with Crippen molar-refractivity contribution in [2.45, 2.75) is 19.4 Å². The van der Waals surface area contributed by atoms with Gasteiger partial charge in [0.2, 0.25) is 0 Å². The van der Waals surface area contributed by atoms with Gasteiger partial charge in [0.1, 0.15) is 6.10 Å². The molecular formula is C9H10O2. The van der Waals surface area contributed by atoms with Crippen LogP contribution in [0.3, 0.4) is 0 Å². The molecule has 1 heterocycles. The third-order valence-corrected chi connectivity index (χ3v) is 1.51. The van der Waals surface area contributed by atoms with E-state index < -0.39 is 0 Å². The second kappa shape index (κ2) is 3.22. The highest BCUT2D eigenvalue weighted by atomic mass is 16.5. The lowest BCUT2D eigenvalue weighted by molar-refractivity contribution is -0.139. The zero-order valence-electron chi connectivity index (χ0n) is 6.46. The number of ether oxygens (including phenoxy) is 1. The van der Waals surface area contributed by atoms with Gasteiger partial charge < -0.3 is 4.74 Å². The van der Waals surface area contributed by atoms with Crippen LogP contribution in [0.4, 0.5) is 0 Å². The molecule has 0 saturated carbocycles. The Morgan fingerprint density at radius 2 is 2.64 bits per heavy atom. The molecule has 11 heavy (non-hydrogen) atoms. The summed E-state index contributed by atoms with van der Waals surface area (Å²) in [5.41, 5.74) is 3.32. The van der Waals surface area contributed by atoms with Gasteiger partial charge in [0, 0.05) is 12.0 Å². The molecule has 0 radical (unpaired) electrons. The summed E-state index contributed by atoms with van der Waals surface area (Å²) in [7, 11) is 0. The van der Waals surface area contributed by atoms with Gasteiger partial charge in [-0.2, -0.15) is 0 Å². The lowest BCUT2D eigenvalue weighted by atomic mass is 10.2. The van der Waals surface area contributed by atoms with Crippen LogP contribution in [0.15, 0.2) is 30.0 Å². The first-order chi connectivity index (χ1) is 5.24. The molecular weight excluding hydrogens is 140 g/mol. The van der Waals surface area contributed by atoms with Crippen LogP contribution in [0.2, 0.25) is 0 Å². The minimum Gasteiger partial charge on any atom is -0.454 e. The van der Waals surface area contributed by atoms with E-state index in [1.807, 2.05) is 6.08 Å². The Kier molecular flexibility index (Phi) is 2.29. The number of hydrogen-bond acceptors (Lipinski definition) is 2. The first-order valence-electron chi connectivity index (χ1n) is 3.47. The average molecular weight is 150 g/mol. The van der Waals surface area contributed by atoms with Crippen molar-refractivity contribution in [3.63, 3.8) is 0 Å². The molecule has 2 heteroatoms. The van der Waals surface area contributed by atoms with Gasteiger partial charge in [-0.1, -0.05) is 6.58 Å². The van der Waals surface area contributed by atoms with Crippen molar-refractivity contribution in [3.8, 4) is 0 Å². The van der Waals surface area contributed by atoms with Gasteiger partial charge in [-0.15, -0.1) is 5.73 Å². The minimum atomic E-state index is -0.215. The fourth-order valence-corrected chi connectivity index (χ4v) is 0.927. The SMILES string of the molecule is C=C=CCC1C=C(C)C(=O)O1. The van der Waals surface area contributed by atoms with Crippen molar-refractivity contribution < 1.29 is 9.53 Å². The molecule has 0 N–H and O–H groups in total. The lowest BCUT2D eigenvalue weighted by Crippen LogP contribution is -2.06. The summed E-state index contributed by atoms with van der Waals surface area (Å²) in [5.74, 6) is -0.215. The van der Waals surface area contributed by atoms with Crippen LogP contribution in [-0.4, -0.2) is 12.1 Å². The summed E-state index contributed by atoms with van der Waals surface area (Å²) in [6.45, 7) is 5.17. The predicted molar refractivity (Wildman–Crippen MR) is 42.0 cm³/mol. The average Bonchev–Trinajstić information content (AvgIpc) is 2.28. The first-order valence-corrected chi connectivity index (χ1v) is 3.47. The minimum absolute atomic E-state index is 0.100. The van der Waals surface area contributed by atoms with Crippen molar-refractivity contribution in [1.82, 2.24) is 0 Å². The molecule has 1 rings (SSSR count). The van der Waals surface area contributed by atoms with Crippen LogP contribution in [0, 0.1) is 0 Å². The Morgan fingerprint density at radius 3 is 3.09 bits per heavy atom. The molecule has 0 aliphatic carbocycles. The van der Waals surface area contributed by atoms with Crippen LogP contribution >= 0.6 is 0 Å². The first kappa shape index (κ1) is 7.83. The van der Waals surface area contributed by atoms with Gasteiger partial charge in [-0.3, -0.25) is 0 Å². The van der Waals surface area contributed by atoms with Gasteiger partial charge in [0.25, 0.3) is 0 Å². The number of rotatable bonds is 2. The smallest absolute Gasteiger partial charge is 0.334 e. The van der Waals surface area contributed by atoms with Gasteiger partial charge >= 0.3 is 5.97 Å². The van der Waals surface area contributed by atoms with E-state index in [0.29, 0.717) is 12.0 Å². The number of carbonyl (C=O) groups excluding carboxylic acids is 1. The van der Waals surface area contributed by atoms with Crippen molar-refractivity contribution in [2.75, 3.05) is 0 Å². The molecule has 1 aliphatic rings. The molecule has 1 unspecified atom stereocenters. The van der Waals surface area contributed by atoms with Crippen LogP contribution < -0.4 is 0 Å². The zero-order valence-corrected chi connectivity index (χ0v) is 6.46. The third kappa shape index (κ3) is 1.82. The summed E-state index contributed by atoms with van der Waals surface area (Å²) in [6, 6.07) is 0. The van der Waals surface area contributed by atoms with E-state index in [0.717, 1.165) is 0 Å². The highest BCUT2D eigenvalue weighted by Crippen LogP contribution is 2.15. The van der Waals surface area contributed by atoms with Gasteiger partial charge in [0.15, 0.2) is 0 Å². The Morgan fingerprint density at radius 1 is 1.91 bits per heavy atom. The van der Waals surface area contributed by atoms with Crippen molar-refractivity contribution in [2.24, 2.45) is 0 Å². The molecule has 0 aromatic rings. The van der Waals surface area contributed by atoms with E-state index in [1.54, 1.807) is 13.0 Å². The maximum Gasteiger partial charge on any atom is 0.334 e. The van der Waals surface area contributed by atoms with Crippen LogP contribution in [-0.2, 0) is 9.53 Å². The summed E-state index contributed by atoms with van der Waals surface area (Å²) in [4.78, 5) is 10.8. The maximum absolute atomic E-state index is 10.8.